The summed E-state index contributed by atoms with van der Waals surface area (Å²) in [5.41, 5.74) is 1.35. The van der Waals surface area contributed by atoms with Gasteiger partial charge in [0.25, 0.3) is 0 Å². The summed E-state index contributed by atoms with van der Waals surface area (Å²) in [5, 5.41) is 10.8. The third-order valence-corrected chi connectivity index (χ3v) is 5.93. The third-order valence-electron chi connectivity index (χ3n) is 4.72. The molecule has 1 aromatic rings. The maximum Gasteiger partial charge on any atom is 0.223 e. The largest absolute Gasteiger partial charge is 0.357 e. The van der Waals surface area contributed by atoms with Crippen LogP contribution in [0.4, 0.5) is 0 Å². The number of aliphatic imine (C=N–C) groups is 1. The van der Waals surface area contributed by atoms with E-state index in [0.29, 0.717) is 13.1 Å². The Hall–Kier alpha value is -0.900. The number of carbonyl (C=O) groups is 1. The predicted molar refractivity (Wildman–Crippen MR) is 122 cm³/mol. The molecule has 0 unspecified atom stereocenters. The summed E-state index contributed by atoms with van der Waals surface area (Å²) in [5.74, 6) is 1.29. The smallest absolute Gasteiger partial charge is 0.223 e. The van der Waals surface area contributed by atoms with Gasteiger partial charge in [0.15, 0.2) is 5.96 Å². The third kappa shape index (κ3) is 7.56. The molecule has 0 bridgehead atoms. The summed E-state index contributed by atoms with van der Waals surface area (Å²) in [4.78, 5) is 22.5. The molecule has 3 rings (SSSR count). The van der Waals surface area contributed by atoms with Gasteiger partial charge in [-0.1, -0.05) is 0 Å². The molecular weight excluding hydrogens is 473 g/mol. The SMILES string of the molecule is CCNC(=NCCCc1nc2c(s1)CCCC2)NCCNC(=O)C1CC1.I. The first kappa shape index (κ1) is 22.4. The fraction of sp³-hybridized carbons (Fsp3) is 0.737. The van der Waals surface area contributed by atoms with Gasteiger partial charge in [-0.15, -0.1) is 35.3 Å². The average molecular weight is 505 g/mol. The lowest BCUT2D eigenvalue weighted by molar-refractivity contribution is -0.122. The number of nitrogens with one attached hydrogen (secondary N) is 3. The zero-order valence-corrected chi connectivity index (χ0v) is 19.3. The molecule has 1 fully saturated rings. The van der Waals surface area contributed by atoms with E-state index in [9.17, 15) is 4.79 Å². The Balaban J connectivity index is 0.00000261. The number of guanidine groups is 1. The van der Waals surface area contributed by atoms with Crippen molar-refractivity contribution < 1.29 is 4.79 Å². The molecule has 2 aliphatic carbocycles. The number of halogens is 1. The summed E-state index contributed by atoms with van der Waals surface area (Å²) < 4.78 is 0. The van der Waals surface area contributed by atoms with Crippen LogP contribution in [-0.4, -0.2) is 43.0 Å². The number of amides is 1. The van der Waals surface area contributed by atoms with Crippen LogP contribution < -0.4 is 16.0 Å². The van der Waals surface area contributed by atoms with Crippen LogP contribution in [0.15, 0.2) is 4.99 Å². The highest BCUT2D eigenvalue weighted by atomic mass is 127. The van der Waals surface area contributed by atoms with Crippen LogP contribution in [0.2, 0.25) is 0 Å². The van der Waals surface area contributed by atoms with Crippen LogP contribution in [0.1, 0.15) is 54.6 Å². The Morgan fingerprint density at radius 1 is 1.19 bits per heavy atom. The van der Waals surface area contributed by atoms with Gasteiger partial charge < -0.3 is 16.0 Å². The molecule has 0 aliphatic heterocycles. The summed E-state index contributed by atoms with van der Waals surface area (Å²) in [6.07, 6.45) is 9.11. The van der Waals surface area contributed by atoms with E-state index in [1.54, 1.807) is 0 Å². The van der Waals surface area contributed by atoms with Crippen LogP contribution in [0, 0.1) is 5.92 Å². The molecule has 27 heavy (non-hydrogen) atoms. The Labute approximate surface area is 183 Å². The fourth-order valence-corrected chi connectivity index (χ4v) is 4.33. The van der Waals surface area contributed by atoms with E-state index >= 15 is 0 Å². The van der Waals surface area contributed by atoms with Crippen LogP contribution in [-0.2, 0) is 24.1 Å². The molecule has 1 aromatic heterocycles. The number of thiazole rings is 1. The van der Waals surface area contributed by atoms with E-state index < -0.39 is 0 Å². The Kier molecular flexibility index (Phi) is 9.81. The van der Waals surface area contributed by atoms with Crippen LogP contribution in [0.5, 0.6) is 0 Å². The van der Waals surface area contributed by atoms with Gasteiger partial charge in [-0.25, -0.2) is 4.98 Å². The molecule has 0 atom stereocenters. The Morgan fingerprint density at radius 2 is 1.96 bits per heavy atom. The number of hydrogen-bond acceptors (Lipinski definition) is 4. The van der Waals surface area contributed by atoms with Crippen molar-refractivity contribution in [1.29, 1.82) is 0 Å². The number of fused-ring (bicyclic) bond motifs is 1. The molecule has 6 nitrogen and oxygen atoms in total. The van der Waals surface area contributed by atoms with Gasteiger partial charge in [-0.2, -0.15) is 0 Å². The van der Waals surface area contributed by atoms with Crippen LogP contribution in [0.25, 0.3) is 0 Å². The highest BCUT2D eigenvalue weighted by molar-refractivity contribution is 14.0. The van der Waals surface area contributed by atoms with Gasteiger partial charge in [0, 0.05) is 43.4 Å². The minimum absolute atomic E-state index is 0. The molecule has 0 radical (unpaired) electrons. The number of aryl methyl sites for hydroxylation is 3. The first-order valence-electron chi connectivity index (χ1n) is 10.0. The normalized spacial score (nSPS) is 16.3. The second-order valence-corrected chi connectivity index (χ2v) is 8.21. The van der Waals surface area contributed by atoms with E-state index in [2.05, 4.69) is 27.9 Å². The quantitative estimate of drug-likeness (QED) is 0.209. The highest BCUT2D eigenvalue weighted by Crippen LogP contribution is 2.28. The summed E-state index contributed by atoms with van der Waals surface area (Å²) >= 11 is 1.90. The average Bonchev–Trinajstić information content (AvgIpc) is 3.41. The molecule has 0 aromatic carbocycles. The molecule has 8 heteroatoms. The first-order chi connectivity index (χ1) is 12.8. The predicted octanol–water partition coefficient (Wildman–Crippen LogP) is 2.65. The van der Waals surface area contributed by atoms with Gasteiger partial charge >= 0.3 is 0 Å². The van der Waals surface area contributed by atoms with Gasteiger partial charge in [0.1, 0.15) is 0 Å². The van der Waals surface area contributed by atoms with Crippen molar-refractivity contribution in [2.75, 3.05) is 26.2 Å². The number of aromatic nitrogens is 1. The van der Waals surface area contributed by atoms with E-state index in [4.69, 9.17) is 4.98 Å². The van der Waals surface area contributed by atoms with Crippen molar-refractivity contribution in [2.24, 2.45) is 10.9 Å². The Bertz CT molecular complexity index is 606. The fourth-order valence-electron chi connectivity index (χ4n) is 3.13. The van der Waals surface area contributed by atoms with Gasteiger partial charge in [0.05, 0.1) is 10.7 Å². The standard InChI is InChI=1S/C19H31N5OS.HI/c1-2-20-19(23-13-12-21-18(25)14-9-10-14)22-11-5-8-17-24-15-6-3-4-7-16(15)26-17;/h14H,2-13H2,1H3,(H,21,25)(H2,20,22,23);1H. The van der Waals surface area contributed by atoms with Crippen molar-refractivity contribution >= 4 is 47.2 Å². The van der Waals surface area contributed by atoms with E-state index in [-0.39, 0.29) is 35.8 Å². The minimum atomic E-state index is 0. The highest BCUT2D eigenvalue weighted by Gasteiger charge is 2.28. The monoisotopic (exact) mass is 505 g/mol. The number of carbonyl (C=O) groups excluding carboxylic acids is 1. The van der Waals surface area contributed by atoms with Crippen LogP contribution >= 0.6 is 35.3 Å². The molecule has 1 heterocycles. The molecule has 3 N–H and O–H groups in total. The molecule has 1 saturated carbocycles. The van der Waals surface area contributed by atoms with Crippen LogP contribution in [0.3, 0.4) is 0 Å². The zero-order chi connectivity index (χ0) is 18.2. The van der Waals surface area contributed by atoms with E-state index in [1.807, 2.05) is 11.3 Å². The van der Waals surface area contributed by atoms with Crippen molar-refractivity contribution in [2.45, 2.75) is 58.3 Å². The molecule has 152 valence electrons. The molecule has 1 amide bonds. The lowest BCUT2D eigenvalue weighted by atomic mass is 10.0. The van der Waals surface area contributed by atoms with Gasteiger partial charge in [0.2, 0.25) is 5.91 Å². The van der Waals surface area contributed by atoms with Crippen molar-refractivity contribution in [3.05, 3.63) is 15.6 Å². The zero-order valence-electron chi connectivity index (χ0n) is 16.2. The Morgan fingerprint density at radius 3 is 2.70 bits per heavy atom. The van der Waals surface area contributed by atoms with Gasteiger partial charge in [-0.05, 0) is 51.9 Å². The molecular formula is C19H32IN5OS. The van der Waals surface area contributed by atoms with Crippen molar-refractivity contribution in [1.82, 2.24) is 20.9 Å². The second kappa shape index (κ2) is 11.8. The summed E-state index contributed by atoms with van der Waals surface area (Å²) in [6.45, 7) is 5.02. The number of rotatable bonds is 9. The lowest BCUT2D eigenvalue weighted by Gasteiger charge is -2.11. The van der Waals surface area contributed by atoms with Crippen molar-refractivity contribution in [3.63, 3.8) is 0 Å². The number of nitrogens with zero attached hydrogens (tertiary/aromatic N) is 2. The number of hydrogen-bond donors (Lipinski definition) is 3. The molecule has 0 saturated heterocycles. The maximum absolute atomic E-state index is 11.6. The summed E-state index contributed by atoms with van der Waals surface area (Å²) in [6, 6.07) is 0. The first-order valence-corrected chi connectivity index (χ1v) is 10.8. The lowest BCUT2D eigenvalue weighted by Crippen LogP contribution is -2.41. The topological polar surface area (TPSA) is 78.4 Å². The summed E-state index contributed by atoms with van der Waals surface area (Å²) in [7, 11) is 0. The van der Waals surface area contributed by atoms with Gasteiger partial charge in [-0.3, -0.25) is 9.79 Å². The van der Waals surface area contributed by atoms with Crippen molar-refractivity contribution in [3.8, 4) is 0 Å². The molecule has 0 spiro atoms. The van der Waals surface area contributed by atoms with E-state index in [0.717, 1.165) is 51.2 Å². The van der Waals surface area contributed by atoms with E-state index in [1.165, 1.54) is 34.8 Å². The molecule has 2 aliphatic rings. The minimum Gasteiger partial charge on any atom is -0.357 e. The maximum atomic E-state index is 11.6. The second-order valence-electron chi connectivity index (χ2n) is 7.04.